The third-order valence-electron chi connectivity index (χ3n) is 2.62. The van der Waals surface area contributed by atoms with Crippen LogP contribution >= 0.6 is 15.9 Å². The lowest BCUT2D eigenvalue weighted by Gasteiger charge is -2.09. The standard InChI is InChI=1S/C14H11BrFNO2/c15-11-3-1-2-4-13(11)17-8-9-5-6-10(14(18)19)12(16)7-9/h1-7,17H,8H2,(H,18,19). The molecule has 0 aliphatic carbocycles. The summed E-state index contributed by atoms with van der Waals surface area (Å²) < 4.78 is 14.4. The Balaban J connectivity index is 2.11. The van der Waals surface area contributed by atoms with Gasteiger partial charge in [0.05, 0.1) is 5.56 Å². The molecular weight excluding hydrogens is 313 g/mol. The summed E-state index contributed by atoms with van der Waals surface area (Å²) >= 11 is 3.40. The van der Waals surface area contributed by atoms with E-state index in [0.717, 1.165) is 10.2 Å². The summed E-state index contributed by atoms with van der Waals surface area (Å²) in [6.45, 7) is 0.416. The first-order valence-electron chi connectivity index (χ1n) is 5.58. The summed E-state index contributed by atoms with van der Waals surface area (Å²) in [5.41, 5.74) is 1.26. The van der Waals surface area contributed by atoms with Crippen molar-refractivity contribution in [3.8, 4) is 0 Å². The zero-order valence-corrected chi connectivity index (χ0v) is 11.4. The van der Waals surface area contributed by atoms with Crippen LogP contribution < -0.4 is 5.32 Å². The SMILES string of the molecule is O=C(O)c1ccc(CNc2ccccc2Br)cc1F. The molecule has 2 rings (SSSR count). The first kappa shape index (κ1) is 13.5. The van der Waals surface area contributed by atoms with Crippen molar-refractivity contribution in [2.75, 3.05) is 5.32 Å². The van der Waals surface area contributed by atoms with Crippen LogP contribution in [0.2, 0.25) is 0 Å². The van der Waals surface area contributed by atoms with Crippen LogP contribution in [0.3, 0.4) is 0 Å². The number of rotatable bonds is 4. The van der Waals surface area contributed by atoms with Gasteiger partial charge in [-0.1, -0.05) is 18.2 Å². The number of hydrogen-bond acceptors (Lipinski definition) is 2. The highest BCUT2D eigenvalue weighted by molar-refractivity contribution is 9.10. The molecule has 0 heterocycles. The average Bonchev–Trinajstić information content (AvgIpc) is 2.37. The summed E-state index contributed by atoms with van der Waals surface area (Å²) in [5.74, 6) is -1.98. The average molecular weight is 324 g/mol. The number of para-hydroxylation sites is 1. The van der Waals surface area contributed by atoms with Gasteiger partial charge in [-0.25, -0.2) is 9.18 Å². The zero-order valence-electron chi connectivity index (χ0n) is 9.86. The van der Waals surface area contributed by atoms with E-state index in [2.05, 4.69) is 21.2 Å². The number of halogens is 2. The smallest absolute Gasteiger partial charge is 0.338 e. The molecule has 5 heteroatoms. The fraction of sp³-hybridized carbons (Fsp3) is 0.0714. The molecule has 2 N–H and O–H groups in total. The molecule has 98 valence electrons. The van der Waals surface area contributed by atoms with Crippen molar-refractivity contribution in [1.29, 1.82) is 0 Å². The fourth-order valence-corrected chi connectivity index (χ4v) is 2.07. The van der Waals surface area contributed by atoms with Crippen molar-refractivity contribution in [2.45, 2.75) is 6.54 Å². The van der Waals surface area contributed by atoms with Gasteiger partial charge in [0, 0.05) is 16.7 Å². The summed E-state index contributed by atoms with van der Waals surface area (Å²) in [5, 5.41) is 11.9. The van der Waals surface area contributed by atoms with Crippen molar-refractivity contribution in [2.24, 2.45) is 0 Å². The third-order valence-corrected chi connectivity index (χ3v) is 3.31. The number of carboxylic acid groups (broad SMARTS) is 1. The van der Waals surface area contributed by atoms with Crippen molar-refractivity contribution in [3.63, 3.8) is 0 Å². The molecular formula is C14H11BrFNO2. The number of anilines is 1. The van der Waals surface area contributed by atoms with Crippen LogP contribution in [0.25, 0.3) is 0 Å². The van der Waals surface area contributed by atoms with Gasteiger partial charge in [0.15, 0.2) is 0 Å². The summed E-state index contributed by atoms with van der Waals surface area (Å²) in [6, 6.07) is 11.7. The summed E-state index contributed by atoms with van der Waals surface area (Å²) in [4.78, 5) is 10.7. The predicted molar refractivity (Wildman–Crippen MR) is 74.8 cm³/mol. The molecule has 0 aliphatic heterocycles. The van der Waals surface area contributed by atoms with E-state index >= 15 is 0 Å². The van der Waals surface area contributed by atoms with Gasteiger partial charge in [0.1, 0.15) is 5.82 Å². The van der Waals surface area contributed by atoms with Crippen LogP contribution in [0.1, 0.15) is 15.9 Å². The van der Waals surface area contributed by atoms with E-state index in [4.69, 9.17) is 5.11 Å². The highest BCUT2D eigenvalue weighted by Gasteiger charge is 2.10. The lowest BCUT2D eigenvalue weighted by Crippen LogP contribution is -2.04. The van der Waals surface area contributed by atoms with E-state index in [9.17, 15) is 9.18 Å². The molecule has 0 amide bonds. The molecule has 0 saturated carbocycles. The molecule has 0 aliphatic rings. The largest absolute Gasteiger partial charge is 0.478 e. The number of aromatic carboxylic acids is 1. The number of carboxylic acids is 1. The van der Waals surface area contributed by atoms with Gasteiger partial charge in [0.2, 0.25) is 0 Å². The number of hydrogen-bond donors (Lipinski definition) is 2. The van der Waals surface area contributed by atoms with Gasteiger partial charge in [-0.15, -0.1) is 0 Å². The second kappa shape index (κ2) is 5.84. The van der Waals surface area contributed by atoms with E-state index < -0.39 is 11.8 Å². The monoisotopic (exact) mass is 323 g/mol. The quantitative estimate of drug-likeness (QED) is 0.897. The summed E-state index contributed by atoms with van der Waals surface area (Å²) in [7, 11) is 0. The van der Waals surface area contributed by atoms with Crippen LogP contribution in [-0.4, -0.2) is 11.1 Å². The minimum atomic E-state index is -1.26. The van der Waals surface area contributed by atoms with E-state index in [0.29, 0.717) is 12.1 Å². The second-order valence-corrected chi connectivity index (χ2v) is 4.81. The maximum Gasteiger partial charge on any atom is 0.338 e. The summed E-state index contributed by atoms with van der Waals surface area (Å²) in [6.07, 6.45) is 0. The van der Waals surface area contributed by atoms with Crippen LogP contribution in [0, 0.1) is 5.82 Å². The molecule has 0 radical (unpaired) electrons. The van der Waals surface area contributed by atoms with Gasteiger partial charge in [-0.2, -0.15) is 0 Å². The lowest BCUT2D eigenvalue weighted by molar-refractivity contribution is 0.0692. The van der Waals surface area contributed by atoms with Gasteiger partial charge >= 0.3 is 5.97 Å². The van der Waals surface area contributed by atoms with Crippen molar-refractivity contribution < 1.29 is 14.3 Å². The minimum absolute atomic E-state index is 0.315. The molecule has 0 fully saturated rings. The molecule has 0 saturated heterocycles. The Kier molecular flexibility index (Phi) is 4.16. The van der Waals surface area contributed by atoms with E-state index in [1.54, 1.807) is 6.07 Å². The molecule has 0 bridgehead atoms. The Bertz CT molecular complexity index is 616. The Morgan fingerprint density at radius 1 is 1.26 bits per heavy atom. The molecule has 2 aromatic rings. The van der Waals surface area contributed by atoms with Crippen molar-refractivity contribution in [3.05, 3.63) is 63.9 Å². The van der Waals surface area contributed by atoms with Gasteiger partial charge in [-0.05, 0) is 45.8 Å². The Labute approximate surface area is 118 Å². The van der Waals surface area contributed by atoms with Gasteiger partial charge in [-0.3, -0.25) is 0 Å². The maximum atomic E-state index is 13.5. The molecule has 19 heavy (non-hydrogen) atoms. The predicted octanol–water partition coefficient (Wildman–Crippen LogP) is 3.90. The van der Waals surface area contributed by atoms with Crippen LogP contribution in [0.4, 0.5) is 10.1 Å². The van der Waals surface area contributed by atoms with Crippen LogP contribution in [0.5, 0.6) is 0 Å². The second-order valence-electron chi connectivity index (χ2n) is 3.95. The molecule has 3 nitrogen and oxygen atoms in total. The highest BCUT2D eigenvalue weighted by Crippen LogP contribution is 2.22. The molecule has 0 atom stereocenters. The van der Waals surface area contributed by atoms with E-state index in [-0.39, 0.29) is 5.56 Å². The topological polar surface area (TPSA) is 49.3 Å². The zero-order chi connectivity index (χ0) is 13.8. The first-order valence-corrected chi connectivity index (χ1v) is 6.37. The first-order chi connectivity index (χ1) is 9.08. The van der Waals surface area contributed by atoms with Crippen molar-refractivity contribution in [1.82, 2.24) is 0 Å². The fourth-order valence-electron chi connectivity index (χ4n) is 1.64. The molecule has 0 spiro atoms. The molecule has 2 aromatic carbocycles. The minimum Gasteiger partial charge on any atom is -0.478 e. The van der Waals surface area contributed by atoms with E-state index in [1.807, 2.05) is 24.3 Å². The van der Waals surface area contributed by atoms with E-state index in [1.165, 1.54) is 12.1 Å². The maximum absolute atomic E-state index is 13.5. The Hall–Kier alpha value is -1.88. The van der Waals surface area contributed by atoms with Crippen molar-refractivity contribution >= 4 is 27.6 Å². The normalized spacial score (nSPS) is 10.2. The van der Waals surface area contributed by atoms with Gasteiger partial charge < -0.3 is 10.4 Å². The Morgan fingerprint density at radius 2 is 2.00 bits per heavy atom. The van der Waals surface area contributed by atoms with Gasteiger partial charge in [0.25, 0.3) is 0 Å². The molecule has 0 aromatic heterocycles. The highest BCUT2D eigenvalue weighted by atomic mass is 79.9. The third kappa shape index (κ3) is 3.32. The molecule has 0 unspecified atom stereocenters. The van der Waals surface area contributed by atoms with Crippen LogP contribution in [-0.2, 0) is 6.54 Å². The number of benzene rings is 2. The lowest BCUT2D eigenvalue weighted by atomic mass is 10.1. The Morgan fingerprint density at radius 3 is 2.63 bits per heavy atom. The number of carbonyl (C=O) groups is 1. The van der Waals surface area contributed by atoms with Crippen LogP contribution in [0.15, 0.2) is 46.9 Å². The number of nitrogens with one attached hydrogen (secondary N) is 1.